The van der Waals surface area contributed by atoms with Crippen LogP contribution in [0, 0.1) is 0 Å². The molecule has 0 N–H and O–H groups in total. The molecule has 1 atom stereocenters. The molecule has 4 heteroatoms. The van der Waals surface area contributed by atoms with Crippen LogP contribution in [0.25, 0.3) is 0 Å². The lowest BCUT2D eigenvalue weighted by Gasteiger charge is -2.44. The van der Waals surface area contributed by atoms with Gasteiger partial charge in [0, 0.05) is 15.1 Å². The maximum Gasteiger partial charge on any atom is 0.164 e. The van der Waals surface area contributed by atoms with Gasteiger partial charge >= 0.3 is 0 Å². The average Bonchev–Trinajstić information content (AvgIpc) is 2.55. The Balaban J connectivity index is 2.26. The van der Waals surface area contributed by atoms with Crippen molar-refractivity contribution in [3.05, 3.63) is 70.7 Å². The number of benzene rings is 2. The Morgan fingerprint density at radius 1 is 0.952 bits per heavy atom. The standard InChI is InChI=1S/C17H15Br2OP/c1-13-12-17(19,16(13)18)21(20,14-8-4-2-5-9-14)15-10-6-3-7-11-15/h2-11H,12H2,1H3. The Bertz CT molecular complexity index is 696. The fourth-order valence-electron chi connectivity index (χ4n) is 2.81. The Morgan fingerprint density at radius 2 is 1.38 bits per heavy atom. The zero-order valence-corrected chi connectivity index (χ0v) is 15.7. The van der Waals surface area contributed by atoms with E-state index in [2.05, 4.69) is 38.8 Å². The van der Waals surface area contributed by atoms with E-state index in [0.29, 0.717) is 0 Å². The van der Waals surface area contributed by atoms with Gasteiger partial charge in [-0.3, -0.25) is 0 Å². The molecule has 0 saturated heterocycles. The summed E-state index contributed by atoms with van der Waals surface area (Å²) >= 11 is 7.44. The smallest absolute Gasteiger partial charge is 0.164 e. The highest BCUT2D eigenvalue weighted by Gasteiger charge is 2.55. The van der Waals surface area contributed by atoms with E-state index in [1.807, 2.05) is 60.7 Å². The molecule has 0 amide bonds. The first-order chi connectivity index (χ1) is 10.00. The summed E-state index contributed by atoms with van der Waals surface area (Å²) in [5.74, 6) is 0. The van der Waals surface area contributed by atoms with Crippen LogP contribution in [0.3, 0.4) is 0 Å². The van der Waals surface area contributed by atoms with Gasteiger partial charge in [0.15, 0.2) is 7.14 Å². The molecular formula is C17H15Br2OP. The predicted molar refractivity (Wildman–Crippen MR) is 97.7 cm³/mol. The number of allylic oxidation sites excluding steroid dienone is 2. The van der Waals surface area contributed by atoms with Gasteiger partial charge in [0.25, 0.3) is 0 Å². The van der Waals surface area contributed by atoms with E-state index in [1.165, 1.54) is 5.57 Å². The van der Waals surface area contributed by atoms with E-state index in [-0.39, 0.29) is 0 Å². The van der Waals surface area contributed by atoms with E-state index in [1.54, 1.807) is 0 Å². The number of rotatable bonds is 3. The summed E-state index contributed by atoms with van der Waals surface area (Å²) < 4.78 is 14.7. The lowest BCUT2D eigenvalue weighted by Crippen LogP contribution is -2.39. The fourth-order valence-corrected chi connectivity index (χ4v) is 9.06. The lowest BCUT2D eigenvalue weighted by molar-refractivity contribution is 0.574. The number of alkyl halides is 1. The van der Waals surface area contributed by atoms with Crippen molar-refractivity contribution in [2.24, 2.45) is 0 Å². The van der Waals surface area contributed by atoms with Crippen LogP contribution in [-0.2, 0) is 4.57 Å². The fraction of sp³-hybridized carbons (Fsp3) is 0.176. The van der Waals surface area contributed by atoms with E-state index in [4.69, 9.17) is 0 Å². The van der Waals surface area contributed by atoms with Gasteiger partial charge in [-0.05, 0) is 13.3 Å². The molecule has 0 bridgehead atoms. The molecule has 2 aromatic rings. The van der Waals surface area contributed by atoms with Crippen molar-refractivity contribution in [3.8, 4) is 0 Å². The number of hydrogen-bond donors (Lipinski definition) is 0. The molecule has 108 valence electrons. The maximum atomic E-state index is 14.2. The van der Waals surface area contributed by atoms with Crippen LogP contribution in [0.2, 0.25) is 0 Å². The van der Waals surface area contributed by atoms with Crippen molar-refractivity contribution in [1.29, 1.82) is 0 Å². The van der Waals surface area contributed by atoms with Crippen molar-refractivity contribution in [2.75, 3.05) is 0 Å². The van der Waals surface area contributed by atoms with E-state index in [0.717, 1.165) is 21.5 Å². The zero-order valence-electron chi connectivity index (χ0n) is 11.6. The van der Waals surface area contributed by atoms with Crippen LogP contribution in [0.4, 0.5) is 0 Å². The summed E-state index contributed by atoms with van der Waals surface area (Å²) in [6.45, 7) is 2.07. The highest BCUT2D eigenvalue weighted by molar-refractivity contribution is 9.15. The van der Waals surface area contributed by atoms with Crippen molar-refractivity contribution in [3.63, 3.8) is 0 Å². The van der Waals surface area contributed by atoms with Crippen LogP contribution >= 0.6 is 39.0 Å². The highest BCUT2D eigenvalue weighted by Crippen LogP contribution is 2.71. The average molecular weight is 426 g/mol. The molecule has 0 aromatic heterocycles. The molecule has 0 fully saturated rings. The number of hydrogen-bond acceptors (Lipinski definition) is 1. The van der Waals surface area contributed by atoms with Crippen molar-refractivity contribution >= 4 is 49.6 Å². The molecule has 0 radical (unpaired) electrons. The second-order valence-corrected chi connectivity index (χ2v) is 11.1. The third kappa shape index (κ3) is 2.21. The minimum absolute atomic E-state index is 0.521. The molecule has 0 aliphatic heterocycles. The second-order valence-electron chi connectivity index (χ2n) is 5.31. The molecule has 2 aromatic carbocycles. The predicted octanol–water partition coefficient (Wildman–Crippen LogP) is 5.16. The van der Waals surface area contributed by atoms with Gasteiger partial charge in [-0.1, -0.05) is 98.1 Å². The van der Waals surface area contributed by atoms with Gasteiger partial charge in [0.2, 0.25) is 0 Å². The normalized spacial score (nSPS) is 22.0. The molecule has 1 aliphatic carbocycles. The van der Waals surface area contributed by atoms with Gasteiger partial charge in [-0.2, -0.15) is 0 Å². The molecule has 0 heterocycles. The molecule has 0 spiro atoms. The van der Waals surface area contributed by atoms with Crippen LogP contribution in [0.5, 0.6) is 0 Å². The Kier molecular flexibility index (Phi) is 4.02. The van der Waals surface area contributed by atoms with E-state index >= 15 is 0 Å². The highest BCUT2D eigenvalue weighted by atomic mass is 79.9. The van der Waals surface area contributed by atoms with Crippen LogP contribution < -0.4 is 10.6 Å². The largest absolute Gasteiger partial charge is 0.312 e. The van der Waals surface area contributed by atoms with Gasteiger partial charge in [-0.15, -0.1) is 0 Å². The zero-order chi connectivity index (χ0) is 15.1. The van der Waals surface area contributed by atoms with Crippen LogP contribution in [0.1, 0.15) is 13.3 Å². The van der Waals surface area contributed by atoms with E-state index < -0.39 is 11.2 Å². The lowest BCUT2D eigenvalue weighted by atomic mass is 10.0. The van der Waals surface area contributed by atoms with Gasteiger partial charge < -0.3 is 4.57 Å². The van der Waals surface area contributed by atoms with Gasteiger partial charge in [0.1, 0.15) is 4.07 Å². The van der Waals surface area contributed by atoms with Crippen LogP contribution in [0.15, 0.2) is 70.7 Å². The summed E-state index contributed by atoms with van der Waals surface area (Å²) in [6, 6.07) is 19.6. The minimum atomic E-state index is -2.82. The van der Waals surface area contributed by atoms with Gasteiger partial charge in [0.05, 0.1) is 0 Å². The third-order valence-electron chi connectivity index (χ3n) is 3.95. The molecule has 21 heavy (non-hydrogen) atoms. The minimum Gasteiger partial charge on any atom is -0.312 e. The quantitative estimate of drug-likeness (QED) is 0.490. The van der Waals surface area contributed by atoms with Crippen LogP contribution in [-0.4, -0.2) is 4.07 Å². The Morgan fingerprint density at radius 3 is 1.71 bits per heavy atom. The summed E-state index contributed by atoms with van der Waals surface area (Å²) in [5.41, 5.74) is 1.25. The molecule has 1 unspecified atom stereocenters. The summed E-state index contributed by atoms with van der Waals surface area (Å²) in [4.78, 5) is 0. The first-order valence-electron chi connectivity index (χ1n) is 6.76. The molecule has 1 nitrogen and oxygen atoms in total. The van der Waals surface area contributed by atoms with Crippen molar-refractivity contribution < 1.29 is 4.57 Å². The first-order valence-corrected chi connectivity index (χ1v) is 10.1. The topological polar surface area (TPSA) is 17.1 Å². The van der Waals surface area contributed by atoms with E-state index in [9.17, 15) is 4.57 Å². The van der Waals surface area contributed by atoms with Gasteiger partial charge in [-0.25, -0.2) is 0 Å². The SMILES string of the molecule is CC1=C(Br)C(Br)(P(=O)(c2ccccc2)c2ccccc2)C1. The summed E-state index contributed by atoms with van der Waals surface area (Å²) in [7, 11) is -2.82. The summed E-state index contributed by atoms with van der Waals surface area (Å²) in [5, 5.41) is 1.77. The Hall–Kier alpha value is -0.630. The monoisotopic (exact) mass is 424 g/mol. The molecule has 3 rings (SSSR count). The third-order valence-corrected chi connectivity index (χ3v) is 11.7. The second kappa shape index (κ2) is 5.53. The first kappa shape index (κ1) is 15.3. The maximum absolute atomic E-state index is 14.2. The Labute approximate surface area is 142 Å². The van der Waals surface area contributed by atoms with Crippen molar-refractivity contribution in [1.82, 2.24) is 0 Å². The number of halogens is 2. The molecule has 0 saturated carbocycles. The molecule has 1 aliphatic rings. The molecular weight excluding hydrogens is 411 g/mol. The summed E-state index contributed by atoms with van der Waals surface area (Å²) in [6.07, 6.45) is 0.786. The van der Waals surface area contributed by atoms with Crippen molar-refractivity contribution in [2.45, 2.75) is 17.4 Å².